The molecule has 1 heterocycles. The van der Waals surface area contributed by atoms with Crippen molar-refractivity contribution in [1.82, 2.24) is 4.90 Å². The van der Waals surface area contributed by atoms with E-state index in [1.54, 1.807) is 0 Å². The highest BCUT2D eigenvalue weighted by molar-refractivity contribution is 5.01. The minimum absolute atomic E-state index is 0.315. The first-order chi connectivity index (χ1) is 5.62. The topological polar surface area (TPSA) is 23.5 Å². The zero-order chi connectivity index (χ0) is 8.77. The third-order valence-corrected chi connectivity index (χ3v) is 3.38. The van der Waals surface area contributed by atoms with Crippen molar-refractivity contribution >= 4 is 0 Å². The van der Waals surface area contributed by atoms with E-state index in [1.807, 2.05) is 0 Å². The van der Waals surface area contributed by atoms with Crippen molar-refractivity contribution in [2.24, 2.45) is 5.92 Å². The molecule has 0 bridgehead atoms. The van der Waals surface area contributed by atoms with E-state index in [2.05, 4.69) is 18.7 Å². The Morgan fingerprint density at radius 2 is 2.08 bits per heavy atom. The summed E-state index contributed by atoms with van der Waals surface area (Å²) < 4.78 is 0. The highest BCUT2D eigenvalue weighted by Gasteiger charge is 2.48. The second-order valence-corrected chi connectivity index (χ2v) is 4.69. The molecule has 1 saturated carbocycles. The third kappa shape index (κ3) is 1.38. The summed E-state index contributed by atoms with van der Waals surface area (Å²) in [5.41, 5.74) is -0.315. The summed E-state index contributed by atoms with van der Waals surface area (Å²) in [7, 11) is 0. The minimum Gasteiger partial charge on any atom is -0.388 e. The number of hydrogen-bond donors (Lipinski definition) is 1. The molecule has 0 spiro atoms. The zero-order valence-electron chi connectivity index (χ0n) is 8.08. The zero-order valence-corrected chi connectivity index (χ0v) is 8.08. The lowest BCUT2D eigenvalue weighted by Crippen LogP contribution is -2.37. The van der Waals surface area contributed by atoms with Gasteiger partial charge in [0.15, 0.2) is 0 Å². The van der Waals surface area contributed by atoms with Gasteiger partial charge in [-0.15, -0.1) is 0 Å². The number of hydrogen-bond acceptors (Lipinski definition) is 2. The Kier molecular flexibility index (Phi) is 1.92. The lowest BCUT2D eigenvalue weighted by atomic mass is 9.97. The summed E-state index contributed by atoms with van der Waals surface area (Å²) in [6.45, 7) is 6.41. The molecular formula is C10H19NO. The van der Waals surface area contributed by atoms with Gasteiger partial charge in [0.05, 0.1) is 5.60 Å². The fourth-order valence-corrected chi connectivity index (χ4v) is 2.24. The monoisotopic (exact) mass is 169 g/mol. The predicted molar refractivity (Wildman–Crippen MR) is 49.0 cm³/mol. The molecule has 0 aromatic heterocycles. The summed E-state index contributed by atoms with van der Waals surface area (Å²) in [5, 5.41) is 10.2. The lowest BCUT2D eigenvalue weighted by Gasteiger charge is -2.25. The van der Waals surface area contributed by atoms with E-state index in [-0.39, 0.29) is 5.60 Å². The van der Waals surface area contributed by atoms with E-state index >= 15 is 0 Å². The van der Waals surface area contributed by atoms with Crippen LogP contribution in [0.4, 0.5) is 0 Å². The Hall–Kier alpha value is -0.0800. The maximum absolute atomic E-state index is 10.2. The number of rotatable bonds is 2. The second kappa shape index (κ2) is 2.71. The molecule has 0 amide bonds. The molecule has 70 valence electrons. The van der Waals surface area contributed by atoms with E-state index in [4.69, 9.17) is 0 Å². The van der Waals surface area contributed by atoms with Crippen LogP contribution in [0.25, 0.3) is 0 Å². The molecular weight excluding hydrogens is 150 g/mol. The van der Waals surface area contributed by atoms with Crippen LogP contribution >= 0.6 is 0 Å². The predicted octanol–water partition coefficient (Wildman–Crippen LogP) is 1.24. The van der Waals surface area contributed by atoms with Crippen molar-refractivity contribution in [3.05, 3.63) is 0 Å². The van der Waals surface area contributed by atoms with Crippen molar-refractivity contribution in [3.63, 3.8) is 0 Å². The van der Waals surface area contributed by atoms with Gasteiger partial charge in [-0.2, -0.15) is 0 Å². The molecule has 1 unspecified atom stereocenters. The fourth-order valence-electron chi connectivity index (χ4n) is 2.24. The molecule has 2 fully saturated rings. The third-order valence-electron chi connectivity index (χ3n) is 3.38. The minimum atomic E-state index is -0.315. The van der Waals surface area contributed by atoms with E-state index in [9.17, 15) is 5.11 Å². The Labute approximate surface area is 74.6 Å². The molecule has 1 saturated heterocycles. The summed E-state index contributed by atoms with van der Waals surface area (Å²) in [6, 6.07) is 0.595. The first-order valence-corrected chi connectivity index (χ1v) is 5.08. The average Bonchev–Trinajstić information content (AvgIpc) is 2.77. The first kappa shape index (κ1) is 8.52. The van der Waals surface area contributed by atoms with Crippen molar-refractivity contribution in [2.45, 2.75) is 44.8 Å². The van der Waals surface area contributed by atoms with Crippen LogP contribution in [0.15, 0.2) is 0 Å². The quantitative estimate of drug-likeness (QED) is 0.672. The summed E-state index contributed by atoms with van der Waals surface area (Å²) in [4.78, 5) is 2.39. The molecule has 1 N–H and O–H groups in total. The standard InChI is InChI=1S/C10H19NO/c1-8(2)11-6-5-10(12,7-11)9-3-4-9/h8-9,12H,3-7H2,1-2H3. The summed E-state index contributed by atoms with van der Waals surface area (Å²) in [6.07, 6.45) is 3.50. The molecule has 12 heavy (non-hydrogen) atoms. The van der Waals surface area contributed by atoms with Crippen molar-refractivity contribution < 1.29 is 5.11 Å². The Bertz CT molecular complexity index is 177. The lowest BCUT2D eigenvalue weighted by molar-refractivity contribution is 0.0240. The van der Waals surface area contributed by atoms with E-state index in [0.29, 0.717) is 12.0 Å². The van der Waals surface area contributed by atoms with Crippen LogP contribution in [0.3, 0.4) is 0 Å². The molecule has 1 aliphatic heterocycles. The fraction of sp³-hybridized carbons (Fsp3) is 1.00. The summed E-state index contributed by atoms with van der Waals surface area (Å²) in [5.74, 6) is 0.626. The molecule has 2 rings (SSSR count). The van der Waals surface area contributed by atoms with Crippen LogP contribution in [-0.4, -0.2) is 34.7 Å². The van der Waals surface area contributed by atoms with Crippen LogP contribution < -0.4 is 0 Å². The highest BCUT2D eigenvalue weighted by Crippen LogP contribution is 2.44. The number of nitrogens with zero attached hydrogens (tertiary/aromatic N) is 1. The largest absolute Gasteiger partial charge is 0.388 e. The van der Waals surface area contributed by atoms with Crippen LogP contribution in [0.1, 0.15) is 33.1 Å². The smallest absolute Gasteiger partial charge is 0.0814 e. The maximum Gasteiger partial charge on any atom is 0.0814 e. The second-order valence-electron chi connectivity index (χ2n) is 4.69. The molecule has 2 aliphatic rings. The van der Waals surface area contributed by atoms with Crippen LogP contribution in [0.2, 0.25) is 0 Å². The Morgan fingerprint density at radius 3 is 2.50 bits per heavy atom. The number of likely N-dealkylation sites (tertiary alicyclic amines) is 1. The van der Waals surface area contributed by atoms with Gasteiger partial charge in [-0.1, -0.05) is 0 Å². The average molecular weight is 169 g/mol. The Balaban J connectivity index is 1.96. The van der Waals surface area contributed by atoms with Crippen LogP contribution in [0, 0.1) is 5.92 Å². The van der Waals surface area contributed by atoms with Gasteiger partial charge >= 0.3 is 0 Å². The maximum atomic E-state index is 10.2. The number of β-amino-alcohol motifs (C(OH)–C–C–N with tert-alkyl or cyclic N) is 1. The van der Waals surface area contributed by atoms with Gasteiger partial charge in [0, 0.05) is 19.1 Å². The van der Waals surface area contributed by atoms with Gasteiger partial charge in [-0.05, 0) is 39.0 Å². The van der Waals surface area contributed by atoms with Crippen LogP contribution in [0.5, 0.6) is 0 Å². The van der Waals surface area contributed by atoms with Crippen LogP contribution in [-0.2, 0) is 0 Å². The van der Waals surface area contributed by atoms with Gasteiger partial charge in [0.25, 0.3) is 0 Å². The van der Waals surface area contributed by atoms with Crippen molar-refractivity contribution in [1.29, 1.82) is 0 Å². The first-order valence-electron chi connectivity index (χ1n) is 5.08. The highest BCUT2D eigenvalue weighted by atomic mass is 16.3. The Morgan fingerprint density at radius 1 is 1.42 bits per heavy atom. The van der Waals surface area contributed by atoms with E-state index in [0.717, 1.165) is 19.5 Å². The molecule has 2 heteroatoms. The van der Waals surface area contributed by atoms with Gasteiger partial charge in [-0.25, -0.2) is 0 Å². The van der Waals surface area contributed by atoms with Gasteiger partial charge in [-0.3, -0.25) is 4.90 Å². The van der Waals surface area contributed by atoms with Gasteiger partial charge < -0.3 is 5.11 Å². The molecule has 1 aliphatic carbocycles. The van der Waals surface area contributed by atoms with E-state index < -0.39 is 0 Å². The summed E-state index contributed by atoms with van der Waals surface area (Å²) >= 11 is 0. The molecule has 2 nitrogen and oxygen atoms in total. The van der Waals surface area contributed by atoms with Gasteiger partial charge in [0.1, 0.15) is 0 Å². The molecule has 0 radical (unpaired) electrons. The molecule has 0 aromatic rings. The number of aliphatic hydroxyl groups is 1. The molecule has 0 aromatic carbocycles. The SMILES string of the molecule is CC(C)N1CCC(O)(C2CC2)C1. The normalized spacial score (nSPS) is 38.0. The van der Waals surface area contributed by atoms with Crippen molar-refractivity contribution in [3.8, 4) is 0 Å². The van der Waals surface area contributed by atoms with Crippen molar-refractivity contribution in [2.75, 3.05) is 13.1 Å². The van der Waals surface area contributed by atoms with Gasteiger partial charge in [0.2, 0.25) is 0 Å². The van der Waals surface area contributed by atoms with E-state index in [1.165, 1.54) is 12.8 Å². The molecule has 1 atom stereocenters.